The summed E-state index contributed by atoms with van der Waals surface area (Å²) < 4.78 is 109. The molecule has 0 fully saturated rings. The van der Waals surface area contributed by atoms with Gasteiger partial charge in [-0.05, 0) is 146 Å². The first-order valence-electron chi connectivity index (χ1n) is 30.2. The molecule has 8 aromatic carbocycles. The molecule has 0 amide bonds. The highest BCUT2D eigenvalue weighted by Crippen LogP contribution is 2.41. The summed E-state index contributed by atoms with van der Waals surface area (Å²) in [6.45, 7) is 14.1. The van der Waals surface area contributed by atoms with Crippen molar-refractivity contribution in [1.29, 1.82) is 0 Å². The molecule has 0 unspecified atom stereocenters. The molecule has 11 rings (SSSR count). The van der Waals surface area contributed by atoms with Crippen molar-refractivity contribution in [3.63, 3.8) is 0 Å². The highest BCUT2D eigenvalue weighted by molar-refractivity contribution is 6.09. The van der Waals surface area contributed by atoms with Gasteiger partial charge in [0.25, 0.3) is 6.33 Å². The van der Waals surface area contributed by atoms with E-state index < -0.39 is 31.8 Å². The molecule has 5 heteroatoms. The van der Waals surface area contributed by atoms with Crippen molar-refractivity contribution in [2.24, 2.45) is 0 Å². The SMILES string of the molecule is [2H]c1c([2H])c([2H])c(-c2cccc(-c3cc(C(C)(C)C)cc(C(C)(C)C)c3)c2-[n+]2[c-]n(-c3cccc(Oc4ccc5c6ccccc6n(-c6cc(C(C)(C)C)ccn6)c5c4)c3)c3cc(-c4c(C([2H])([2H])[2H])cccc4C([2H])([2H])[2H])ccc32)c([2H])c1[2H]. The van der Waals surface area contributed by atoms with E-state index >= 15 is 0 Å². The second-order valence-corrected chi connectivity index (χ2v) is 22.0. The molecule has 0 aliphatic heterocycles. The average molecular weight is 964 g/mol. The maximum Gasteiger partial charge on any atom is 0.269 e. The number of benzene rings is 8. The minimum atomic E-state index is -2.69. The van der Waals surface area contributed by atoms with Crippen LogP contribution in [0, 0.1) is 20.0 Å². The molecule has 0 N–H and O–H groups in total. The zero-order valence-electron chi connectivity index (χ0n) is 53.7. The van der Waals surface area contributed by atoms with E-state index in [1.165, 1.54) is 18.2 Å². The van der Waals surface area contributed by atoms with Crippen LogP contribution < -0.4 is 9.30 Å². The molecule has 0 bridgehead atoms. The highest BCUT2D eigenvalue weighted by Gasteiger charge is 2.26. The number of aromatic nitrogens is 4. The normalized spacial score (nSPS) is 14.8. The molecular weight excluding hydrogens is 889 g/mol. The number of aryl methyl sites for hydroxylation is 2. The van der Waals surface area contributed by atoms with Crippen LogP contribution in [0.25, 0.3) is 83.4 Å². The number of rotatable bonds is 8. The minimum Gasteiger partial charge on any atom is -0.458 e. The summed E-state index contributed by atoms with van der Waals surface area (Å²) in [5.74, 6) is 1.79. The van der Waals surface area contributed by atoms with Gasteiger partial charge < -0.3 is 4.74 Å². The standard InChI is InChI=1S/C68H64N4O/c1-44-20-17-21-45(2)64(44)47-30-33-60-62(38-47)70(43-71(60)65-55(46-22-13-12-14-23-46)27-19-28-56(65)48-36-50(67(6,7)8)39-51(37-48)68(9,10)11)52-24-18-25-53(41-52)73-54-31-32-58-57-26-15-16-29-59(57)72(61(58)42-54)63-40-49(34-35-69-63)66(3,4)5/h12-42H,1-11H3/i1D3,2D3,12D,13D,14D,22D,23D. The van der Waals surface area contributed by atoms with Crippen molar-refractivity contribution in [2.45, 2.75) is 92.3 Å². The second kappa shape index (κ2) is 17.9. The van der Waals surface area contributed by atoms with Gasteiger partial charge in [0.15, 0.2) is 0 Å². The number of hydrogen-bond donors (Lipinski definition) is 0. The summed E-state index contributed by atoms with van der Waals surface area (Å²) in [6.07, 6.45) is 5.49. The monoisotopic (exact) mass is 964 g/mol. The fourth-order valence-corrected chi connectivity index (χ4v) is 9.83. The topological polar surface area (TPSA) is 35.9 Å². The van der Waals surface area contributed by atoms with Crippen molar-refractivity contribution in [2.75, 3.05) is 0 Å². The van der Waals surface area contributed by atoms with Crippen molar-refractivity contribution in [3.8, 4) is 62.1 Å². The van der Waals surface area contributed by atoms with E-state index in [1.807, 2.05) is 77.5 Å². The summed E-state index contributed by atoms with van der Waals surface area (Å²) in [7, 11) is 0. The summed E-state index contributed by atoms with van der Waals surface area (Å²) in [5.41, 5.74) is 8.35. The van der Waals surface area contributed by atoms with Crippen LogP contribution in [-0.2, 0) is 16.2 Å². The molecule has 362 valence electrons. The molecule has 11 aromatic rings. The number of para-hydroxylation sites is 2. The first-order chi connectivity index (χ1) is 39.4. The lowest BCUT2D eigenvalue weighted by atomic mass is 9.78. The maximum atomic E-state index is 9.37. The number of imidazole rings is 1. The van der Waals surface area contributed by atoms with Gasteiger partial charge in [-0.3, -0.25) is 13.7 Å². The fraction of sp³-hybridized carbons (Fsp3) is 0.206. The molecule has 0 saturated carbocycles. The lowest BCUT2D eigenvalue weighted by molar-refractivity contribution is -0.571. The molecule has 73 heavy (non-hydrogen) atoms. The maximum absolute atomic E-state index is 9.37. The van der Waals surface area contributed by atoms with Crippen molar-refractivity contribution < 1.29 is 24.4 Å². The van der Waals surface area contributed by atoms with E-state index in [1.54, 1.807) is 28.8 Å². The van der Waals surface area contributed by atoms with Crippen LogP contribution in [-0.4, -0.2) is 14.1 Å². The summed E-state index contributed by atoms with van der Waals surface area (Å²) in [6, 6.07) is 45.1. The Balaban J connectivity index is 1.18. The molecule has 0 aliphatic rings. The van der Waals surface area contributed by atoms with Gasteiger partial charge in [0, 0.05) is 31.3 Å². The van der Waals surface area contributed by atoms with E-state index in [2.05, 4.69) is 116 Å². The number of ether oxygens (including phenoxy) is 1. The van der Waals surface area contributed by atoms with Gasteiger partial charge in [-0.15, -0.1) is 0 Å². The largest absolute Gasteiger partial charge is 0.458 e. The van der Waals surface area contributed by atoms with E-state index in [0.29, 0.717) is 50.6 Å². The summed E-state index contributed by atoms with van der Waals surface area (Å²) >= 11 is 0. The van der Waals surface area contributed by atoms with Gasteiger partial charge >= 0.3 is 0 Å². The molecule has 0 spiro atoms. The number of nitrogens with zero attached hydrogens (tertiary/aromatic N) is 4. The van der Waals surface area contributed by atoms with Crippen LogP contribution in [0.15, 0.2) is 188 Å². The van der Waals surface area contributed by atoms with E-state index in [-0.39, 0.29) is 50.6 Å². The van der Waals surface area contributed by atoms with E-state index in [0.717, 1.165) is 49.9 Å². The minimum absolute atomic E-state index is 0.0164. The zero-order chi connectivity index (χ0) is 60.3. The van der Waals surface area contributed by atoms with Crippen molar-refractivity contribution in [1.82, 2.24) is 14.1 Å². The Kier molecular flexibility index (Phi) is 8.84. The average Bonchev–Trinajstić information content (AvgIpc) is 1.65. The van der Waals surface area contributed by atoms with Gasteiger partial charge in [-0.25, -0.2) is 4.98 Å². The Hall–Kier alpha value is -8.02. The van der Waals surface area contributed by atoms with Crippen LogP contribution in [0.2, 0.25) is 0 Å². The van der Waals surface area contributed by atoms with Crippen LogP contribution >= 0.6 is 0 Å². The molecule has 0 radical (unpaired) electrons. The third kappa shape index (κ3) is 8.81. The lowest BCUT2D eigenvalue weighted by Gasteiger charge is -2.27. The smallest absolute Gasteiger partial charge is 0.269 e. The molecule has 5 nitrogen and oxygen atoms in total. The molecular formula is C68H64N4O. The van der Waals surface area contributed by atoms with Crippen LogP contribution in [0.5, 0.6) is 11.5 Å². The zero-order valence-corrected chi connectivity index (χ0v) is 42.7. The lowest BCUT2D eigenvalue weighted by Crippen LogP contribution is -2.31. The van der Waals surface area contributed by atoms with Crippen LogP contribution in [0.4, 0.5) is 0 Å². The highest BCUT2D eigenvalue weighted by atomic mass is 16.5. The van der Waals surface area contributed by atoms with Crippen LogP contribution in [0.1, 0.15) is 105 Å². The Morgan fingerprint density at radius 3 is 1.90 bits per heavy atom. The van der Waals surface area contributed by atoms with Crippen LogP contribution in [0.3, 0.4) is 0 Å². The number of fused-ring (bicyclic) bond motifs is 4. The van der Waals surface area contributed by atoms with E-state index in [9.17, 15) is 2.74 Å². The fourth-order valence-electron chi connectivity index (χ4n) is 9.83. The Morgan fingerprint density at radius 2 is 1.19 bits per heavy atom. The Morgan fingerprint density at radius 1 is 0.534 bits per heavy atom. The third-order valence-electron chi connectivity index (χ3n) is 13.8. The molecule has 0 saturated heterocycles. The van der Waals surface area contributed by atoms with Gasteiger partial charge in [-0.2, -0.15) is 0 Å². The van der Waals surface area contributed by atoms with Crippen molar-refractivity contribution >= 4 is 32.8 Å². The molecule has 3 aromatic heterocycles. The first-order valence-corrected chi connectivity index (χ1v) is 24.7. The number of hydrogen-bond acceptors (Lipinski definition) is 2. The Bertz CT molecular complexity index is 4360. The third-order valence-corrected chi connectivity index (χ3v) is 13.8. The Labute approximate surface area is 446 Å². The van der Waals surface area contributed by atoms with Gasteiger partial charge in [0.2, 0.25) is 0 Å². The predicted octanol–water partition coefficient (Wildman–Crippen LogP) is 17.5. The predicted molar refractivity (Wildman–Crippen MR) is 304 cm³/mol. The van der Waals surface area contributed by atoms with Gasteiger partial charge in [0.1, 0.15) is 17.3 Å². The summed E-state index contributed by atoms with van der Waals surface area (Å²) in [5, 5.41) is 2.08. The molecule has 0 aliphatic carbocycles. The molecule has 0 atom stereocenters. The second-order valence-electron chi connectivity index (χ2n) is 22.0. The molecule has 3 heterocycles. The first kappa shape index (κ1) is 36.0. The number of pyridine rings is 1. The van der Waals surface area contributed by atoms with Gasteiger partial charge in [-0.1, -0.05) is 184 Å². The van der Waals surface area contributed by atoms with E-state index in [4.69, 9.17) is 22.1 Å². The van der Waals surface area contributed by atoms with Gasteiger partial charge in [0.05, 0.1) is 40.3 Å². The van der Waals surface area contributed by atoms with Crippen molar-refractivity contribution in [3.05, 3.63) is 222 Å². The quantitative estimate of drug-likeness (QED) is 0.112. The summed E-state index contributed by atoms with van der Waals surface area (Å²) in [4.78, 5) is 4.87.